The number of halogens is 3. The second-order valence-electron chi connectivity index (χ2n) is 3.33. The summed E-state index contributed by atoms with van der Waals surface area (Å²) in [5, 5.41) is 0. The van der Waals surface area contributed by atoms with Crippen LogP contribution in [-0.4, -0.2) is 13.1 Å². The van der Waals surface area contributed by atoms with E-state index < -0.39 is 23.6 Å². The molecule has 1 atom stereocenters. The number of esters is 1. The fraction of sp³-hybridized carbons (Fsp3) is 0.364. The molecule has 1 aromatic carbocycles. The van der Waals surface area contributed by atoms with E-state index >= 15 is 0 Å². The van der Waals surface area contributed by atoms with Crippen LogP contribution in [0.3, 0.4) is 0 Å². The first kappa shape index (κ1) is 12.5. The van der Waals surface area contributed by atoms with Crippen LogP contribution < -0.4 is 0 Å². The molecule has 0 aliphatic carbocycles. The van der Waals surface area contributed by atoms with Crippen molar-refractivity contribution in [3.8, 4) is 0 Å². The van der Waals surface area contributed by atoms with Crippen molar-refractivity contribution in [3.05, 3.63) is 35.4 Å². The first-order chi connectivity index (χ1) is 7.38. The molecule has 0 saturated carbocycles. The van der Waals surface area contributed by atoms with Gasteiger partial charge in [0.2, 0.25) is 0 Å². The third-order valence-corrected chi connectivity index (χ3v) is 2.29. The molecule has 0 spiro atoms. The van der Waals surface area contributed by atoms with Crippen molar-refractivity contribution < 1.29 is 22.7 Å². The average Bonchev–Trinajstić information content (AvgIpc) is 2.26. The highest BCUT2D eigenvalue weighted by molar-refractivity contribution is 5.78. The van der Waals surface area contributed by atoms with Crippen molar-refractivity contribution in [1.29, 1.82) is 0 Å². The Morgan fingerprint density at radius 3 is 2.38 bits per heavy atom. The van der Waals surface area contributed by atoms with Crippen molar-refractivity contribution >= 4 is 5.97 Å². The van der Waals surface area contributed by atoms with E-state index in [1.165, 1.54) is 25.1 Å². The number of alkyl halides is 3. The van der Waals surface area contributed by atoms with Gasteiger partial charge in [0.25, 0.3) is 0 Å². The van der Waals surface area contributed by atoms with Gasteiger partial charge in [-0.3, -0.25) is 4.79 Å². The van der Waals surface area contributed by atoms with Crippen LogP contribution in [0, 0.1) is 0 Å². The molecule has 88 valence electrons. The van der Waals surface area contributed by atoms with Crippen LogP contribution in [0.2, 0.25) is 0 Å². The van der Waals surface area contributed by atoms with Crippen LogP contribution in [0.15, 0.2) is 24.3 Å². The van der Waals surface area contributed by atoms with Crippen molar-refractivity contribution in [3.63, 3.8) is 0 Å². The molecule has 0 aliphatic heterocycles. The molecular weight excluding hydrogens is 221 g/mol. The Morgan fingerprint density at radius 2 is 1.88 bits per heavy atom. The van der Waals surface area contributed by atoms with E-state index in [2.05, 4.69) is 4.74 Å². The quantitative estimate of drug-likeness (QED) is 0.733. The van der Waals surface area contributed by atoms with Gasteiger partial charge in [0, 0.05) is 0 Å². The summed E-state index contributed by atoms with van der Waals surface area (Å²) in [5.74, 6) is -1.61. The maximum absolute atomic E-state index is 12.6. The van der Waals surface area contributed by atoms with Crippen molar-refractivity contribution in [1.82, 2.24) is 0 Å². The minimum Gasteiger partial charge on any atom is -0.469 e. The summed E-state index contributed by atoms with van der Waals surface area (Å²) in [6, 6.07) is 4.99. The molecule has 0 N–H and O–H groups in total. The van der Waals surface area contributed by atoms with Crippen LogP contribution in [0.25, 0.3) is 0 Å². The topological polar surface area (TPSA) is 26.3 Å². The molecule has 16 heavy (non-hydrogen) atoms. The minimum absolute atomic E-state index is 0.0677. The van der Waals surface area contributed by atoms with E-state index in [9.17, 15) is 18.0 Å². The van der Waals surface area contributed by atoms with Gasteiger partial charge >= 0.3 is 12.1 Å². The first-order valence-corrected chi connectivity index (χ1v) is 4.62. The normalized spacial score (nSPS) is 13.3. The van der Waals surface area contributed by atoms with E-state index in [0.717, 1.165) is 13.2 Å². The van der Waals surface area contributed by atoms with Gasteiger partial charge in [-0.1, -0.05) is 18.2 Å². The van der Waals surface area contributed by atoms with Crippen LogP contribution in [0.4, 0.5) is 13.2 Å². The first-order valence-electron chi connectivity index (χ1n) is 4.62. The molecule has 2 nitrogen and oxygen atoms in total. The monoisotopic (exact) mass is 232 g/mol. The summed E-state index contributed by atoms with van der Waals surface area (Å²) in [7, 11) is 1.15. The number of benzene rings is 1. The Balaban J connectivity index is 3.19. The summed E-state index contributed by atoms with van der Waals surface area (Å²) in [4.78, 5) is 11.2. The fourth-order valence-corrected chi connectivity index (χ4v) is 1.44. The highest BCUT2D eigenvalue weighted by atomic mass is 19.4. The van der Waals surface area contributed by atoms with Crippen LogP contribution in [-0.2, 0) is 15.7 Å². The number of hydrogen-bond acceptors (Lipinski definition) is 2. The Hall–Kier alpha value is -1.52. The van der Waals surface area contributed by atoms with E-state index in [-0.39, 0.29) is 5.56 Å². The predicted molar refractivity (Wildman–Crippen MR) is 51.9 cm³/mol. The van der Waals surface area contributed by atoms with Gasteiger partial charge in [0.1, 0.15) is 0 Å². The number of carbonyl (C=O) groups is 1. The fourth-order valence-electron chi connectivity index (χ4n) is 1.44. The summed E-state index contributed by atoms with van der Waals surface area (Å²) in [6.45, 7) is 1.39. The van der Waals surface area contributed by atoms with Crippen molar-refractivity contribution in [2.45, 2.75) is 19.0 Å². The number of carbonyl (C=O) groups excluding carboxylic acids is 1. The number of hydrogen-bond donors (Lipinski definition) is 0. The largest absolute Gasteiger partial charge is 0.469 e. The lowest BCUT2D eigenvalue weighted by molar-refractivity contribution is -0.143. The van der Waals surface area contributed by atoms with Crippen LogP contribution >= 0.6 is 0 Å². The molecule has 0 fully saturated rings. The lowest BCUT2D eigenvalue weighted by atomic mass is 9.95. The molecule has 0 amide bonds. The molecule has 0 saturated heterocycles. The second kappa shape index (κ2) is 4.55. The summed E-state index contributed by atoms with van der Waals surface area (Å²) in [6.07, 6.45) is -4.46. The van der Waals surface area contributed by atoms with Gasteiger partial charge in [0.05, 0.1) is 18.6 Å². The van der Waals surface area contributed by atoms with Gasteiger partial charge in [-0.25, -0.2) is 0 Å². The Labute approximate surface area is 91.0 Å². The van der Waals surface area contributed by atoms with Gasteiger partial charge in [0.15, 0.2) is 0 Å². The molecule has 5 heteroatoms. The summed E-state index contributed by atoms with van der Waals surface area (Å²) in [5.41, 5.74) is -0.866. The molecule has 0 heterocycles. The average molecular weight is 232 g/mol. The van der Waals surface area contributed by atoms with E-state index in [1.807, 2.05) is 0 Å². The third-order valence-electron chi connectivity index (χ3n) is 2.29. The van der Waals surface area contributed by atoms with Gasteiger partial charge in [-0.05, 0) is 18.6 Å². The predicted octanol–water partition coefficient (Wildman–Crippen LogP) is 2.98. The maximum atomic E-state index is 12.6. The Morgan fingerprint density at radius 1 is 1.31 bits per heavy atom. The smallest absolute Gasteiger partial charge is 0.416 e. The lowest BCUT2D eigenvalue weighted by Gasteiger charge is -2.16. The Bertz CT molecular complexity index is 385. The molecule has 0 bridgehead atoms. The molecule has 1 aromatic rings. The van der Waals surface area contributed by atoms with Gasteiger partial charge in [-0.15, -0.1) is 0 Å². The zero-order valence-corrected chi connectivity index (χ0v) is 8.84. The number of ether oxygens (including phenoxy) is 1. The molecule has 0 aromatic heterocycles. The second-order valence-corrected chi connectivity index (χ2v) is 3.33. The van der Waals surface area contributed by atoms with Gasteiger partial charge < -0.3 is 4.74 Å². The SMILES string of the molecule is COC(=O)C(C)c1ccccc1C(F)(F)F. The third kappa shape index (κ3) is 2.53. The zero-order chi connectivity index (χ0) is 12.3. The van der Waals surface area contributed by atoms with Crippen molar-refractivity contribution in [2.24, 2.45) is 0 Å². The Kier molecular flexibility index (Phi) is 3.57. The van der Waals surface area contributed by atoms with Crippen LogP contribution in [0.1, 0.15) is 24.0 Å². The molecule has 0 aliphatic rings. The summed E-state index contributed by atoms with van der Waals surface area (Å²) >= 11 is 0. The van der Waals surface area contributed by atoms with Crippen LogP contribution in [0.5, 0.6) is 0 Å². The standard InChI is InChI=1S/C11H11F3O2/c1-7(10(15)16-2)8-5-3-4-6-9(8)11(12,13)14/h3-7H,1-2H3. The highest BCUT2D eigenvalue weighted by Gasteiger charge is 2.35. The highest BCUT2D eigenvalue weighted by Crippen LogP contribution is 2.35. The van der Waals surface area contributed by atoms with E-state index in [1.54, 1.807) is 0 Å². The van der Waals surface area contributed by atoms with Gasteiger partial charge in [-0.2, -0.15) is 13.2 Å². The molecule has 0 radical (unpaired) electrons. The molecule has 1 unspecified atom stereocenters. The number of rotatable bonds is 2. The minimum atomic E-state index is -4.46. The van der Waals surface area contributed by atoms with E-state index in [0.29, 0.717) is 0 Å². The molecular formula is C11H11F3O2. The van der Waals surface area contributed by atoms with E-state index in [4.69, 9.17) is 0 Å². The lowest BCUT2D eigenvalue weighted by Crippen LogP contribution is -2.16. The maximum Gasteiger partial charge on any atom is 0.416 e. The van der Waals surface area contributed by atoms with Crippen molar-refractivity contribution in [2.75, 3.05) is 7.11 Å². The zero-order valence-electron chi connectivity index (χ0n) is 8.84. The molecule has 1 rings (SSSR count). The number of methoxy groups -OCH3 is 1. The summed E-state index contributed by atoms with van der Waals surface area (Å²) < 4.78 is 42.3.